The SMILES string of the molecule is CN=C(NCc1cccnc1N1CCN(C)CC1)NCC1(C(=O)N(C)C)CCCC1. The van der Waals surface area contributed by atoms with Crippen molar-refractivity contribution >= 4 is 17.7 Å². The van der Waals surface area contributed by atoms with E-state index in [1.54, 1.807) is 11.9 Å². The number of aromatic nitrogens is 1. The van der Waals surface area contributed by atoms with Gasteiger partial charge >= 0.3 is 0 Å². The van der Waals surface area contributed by atoms with Crippen LogP contribution in [0.15, 0.2) is 23.3 Å². The third kappa shape index (κ3) is 5.22. The van der Waals surface area contributed by atoms with Crippen LogP contribution in [0.25, 0.3) is 0 Å². The number of rotatable bonds is 6. The largest absolute Gasteiger partial charge is 0.355 e. The Balaban J connectivity index is 1.60. The van der Waals surface area contributed by atoms with Gasteiger partial charge in [-0.15, -0.1) is 0 Å². The Kier molecular flexibility index (Phi) is 7.53. The van der Waals surface area contributed by atoms with Gasteiger partial charge in [0.1, 0.15) is 5.82 Å². The lowest BCUT2D eigenvalue weighted by Gasteiger charge is -2.34. The number of guanidine groups is 1. The number of hydrogen-bond donors (Lipinski definition) is 2. The van der Waals surface area contributed by atoms with Gasteiger partial charge in [-0.2, -0.15) is 0 Å². The van der Waals surface area contributed by atoms with E-state index >= 15 is 0 Å². The summed E-state index contributed by atoms with van der Waals surface area (Å²) in [5.74, 6) is 1.98. The fourth-order valence-corrected chi connectivity index (χ4v) is 4.52. The van der Waals surface area contributed by atoms with E-state index in [1.807, 2.05) is 26.4 Å². The van der Waals surface area contributed by atoms with Crippen molar-refractivity contribution in [3.63, 3.8) is 0 Å². The van der Waals surface area contributed by atoms with E-state index in [9.17, 15) is 4.79 Å². The second-order valence-corrected chi connectivity index (χ2v) is 8.74. The Morgan fingerprint density at radius 2 is 1.90 bits per heavy atom. The fraction of sp³-hybridized carbons (Fsp3) is 0.682. The second-order valence-electron chi connectivity index (χ2n) is 8.74. The quantitative estimate of drug-likeness (QED) is 0.536. The average Bonchev–Trinajstić information content (AvgIpc) is 3.24. The number of piperazine rings is 1. The molecule has 0 radical (unpaired) electrons. The van der Waals surface area contributed by atoms with Gasteiger partial charge in [-0.25, -0.2) is 4.98 Å². The molecule has 8 heteroatoms. The van der Waals surface area contributed by atoms with E-state index in [2.05, 4.69) is 43.5 Å². The maximum atomic E-state index is 12.8. The summed E-state index contributed by atoms with van der Waals surface area (Å²) in [4.78, 5) is 28.3. The number of pyridine rings is 1. The van der Waals surface area contributed by atoms with Crippen LogP contribution in [-0.4, -0.2) is 87.6 Å². The Morgan fingerprint density at radius 1 is 1.20 bits per heavy atom. The molecule has 0 atom stereocenters. The fourth-order valence-electron chi connectivity index (χ4n) is 4.52. The normalized spacial score (nSPS) is 19.6. The molecule has 30 heavy (non-hydrogen) atoms. The van der Waals surface area contributed by atoms with Crippen molar-refractivity contribution in [3.05, 3.63) is 23.9 Å². The standard InChI is InChI=1S/C22H37N7O/c1-23-21(26-17-22(9-5-6-10-22)20(30)27(2)3)25-16-18-8-7-11-24-19(18)29-14-12-28(4)13-15-29/h7-8,11H,5-6,9-10,12-17H2,1-4H3,(H2,23,25,26). The molecule has 1 saturated carbocycles. The van der Waals surface area contributed by atoms with Crippen LogP contribution >= 0.6 is 0 Å². The van der Waals surface area contributed by atoms with Crippen LogP contribution in [-0.2, 0) is 11.3 Å². The van der Waals surface area contributed by atoms with Crippen LogP contribution in [0.1, 0.15) is 31.2 Å². The molecule has 0 spiro atoms. The van der Waals surface area contributed by atoms with Crippen LogP contribution in [0.2, 0.25) is 0 Å². The molecule has 1 aromatic heterocycles. The number of carbonyl (C=O) groups excluding carboxylic acids is 1. The molecule has 1 aliphatic carbocycles. The molecule has 166 valence electrons. The number of aliphatic imine (C=N–C) groups is 1. The third-order valence-corrected chi connectivity index (χ3v) is 6.35. The molecule has 0 unspecified atom stereocenters. The summed E-state index contributed by atoms with van der Waals surface area (Å²) in [7, 11) is 7.62. The summed E-state index contributed by atoms with van der Waals surface area (Å²) in [5.41, 5.74) is 0.838. The van der Waals surface area contributed by atoms with Crippen LogP contribution in [0.4, 0.5) is 5.82 Å². The zero-order valence-electron chi connectivity index (χ0n) is 18.9. The van der Waals surface area contributed by atoms with Crippen molar-refractivity contribution in [1.29, 1.82) is 0 Å². The summed E-state index contributed by atoms with van der Waals surface area (Å²) in [6.07, 6.45) is 5.95. The maximum absolute atomic E-state index is 12.8. The van der Waals surface area contributed by atoms with Crippen molar-refractivity contribution < 1.29 is 4.79 Å². The van der Waals surface area contributed by atoms with Crippen LogP contribution in [0.3, 0.4) is 0 Å². The van der Waals surface area contributed by atoms with Crippen molar-refractivity contribution in [2.45, 2.75) is 32.2 Å². The minimum atomic E-state index is -0.319. The van der Waals surface area contributed by atoms with Gasteiger partial charge in [-0.05, 0) is 26.0 Å². The van der Waals surface area contributed by atoms with E-state index in [-0.39, 0.29) is 11.3 Å². The van der Waals surface area contributed by atoms with Gasteiger partial charge in [-0.3, -0.25) is 9.79 Å². The molecule has 1 aromatic rings. The van der Waals surface area contributed by atoms with Gasteiger partial charge < -0.3 is 25.3 Å². The van der Waals surface area contributed by atoms with Crippen LogP contribution in [0, 0.1) is 5.41 Å². The van der Waals surface area contributed by atoms with Gasteiger partial charge in [0, 0.05) is 72.2 Å². The summed E-state index contributed by atoms with van der Waals surface area (Å²) < 4.78 is 0. The first-order valence-corrected chi connectivity index (χ1v) is 11.0. The van der Waals surface area contributed by atoms with Crippen LogP contribution < -0.4 is 15.5 Å². The monoisotopic (exact) mass is 415 g/mol. The van der Waals surface area contributed by atoms with E-state index in [1.165, 1.54) is 0 Å². The van der Waals surface area contributed by atoms with E-state index in [4.69, 9.17) is 0 Å². The zero-order valence-corrected chi connectivity index (χ0v) is 18.9. The van der Waals surface area contributed by atoms with Gasteiger partial charge in [0.25, 0.3) is 0 Å². The zero-order chi connectivity index (χ0) is 21.6. The lowest BCUT2D eigenvalue weighted by atomic mass is 9.84. The number of nitrogens with one attached hydrogen (secondary N) is 2. The molecule has 1 saturated heterocycles. The van der Waals surface area contributed by atoms with E-state index in [0.717, 1.165) is 69.2 Å². The molecule has 8 nitrogen and oxygen atoms in total. The first kappa shape index (κ1) is 22.3. The Bertz CT molecular complexity index is 735. The number of carbonyl (C=O) groups is 1. The van der Waals surface area contributed by atoms with Gasteiger partial charge in [0.2, 0.25) is 5.91 Å². The first-order valence-electron chi connectivity index (χ1n) is 11.0. The Labute approximate surface area is 180 Å². The van der Waals surface area contributed by atoms with Crippen molar-refractivity contribution in [2.24, 2.45) is 10.4 Å². The highest BCUT2D eigenvalue weighted by atomic mass is 16.2. The number of nitrogens with zero attached hydrogens (tertiary/aromatic N) is 5. The summed E-state index contributed by atoms with van der Waals surface area (Å²) in [5, 5.41) is 6.83. The van der Waals surface area contributed by atoms with E-state index in [0.29, 0.717) is 13.1 Å². The molecule has 1 aliphatic heterocycles. The maximum Gasteiger partial charge on any atom is 0.230 e. The van der Waals surface area contributed by atoms with Crippen molar-refractivity contribution in [2.75, 3.05) is 65.8 Å². The number of amides is 1. The van der Waals surface area contributed by atoms with E-state index < -0.39 is 0 Å². The molecular weight excluding hydrogens is 378 g/mol. The predicted molar refractivity (Wildman–Crippen MR) is 122 cm³/mol. The van der Waals surface area contributed by atoms with Crippen molar-refractivity contribution in [3.8, 4) is 0 Å². The summed E-state index contributed by atoms with van der Waals surface area (Å²) >= 11 is 0. The smallest absolute Gasteiger partial charge is 0.230 e. The molecular formula is C22H37N7O. The molecule has 0 aromatic carbocycles. The van der Waals surface area contributed by atoms with Gasteiger partial charge in [-0.1, -0.05) is 18.9 Å². The minimum Gasteiger partial charge on any atom is -0.355 e. The molecule has 0 bridgehead atoms. The Morgan fingerprint density at radius 3 is 2.53 bits per heavy atom. The Hall–Kier alpha value is -2.35. The number of likely N-dealkylation sites (N-methyl/N-ethyl adjacent to an activating group) is 1. The lowest BCUT2D eigenvalue weighted by Crippen LogP contribution is -2.49. The summed E-state index contributed by atoms with van der Waals surface area (Å²) in [6.45, 7) is 5.33. The molecule has 1 amide bonds. The molecule has 3 rings (SSSR count). The first-order chi connectivity index (χ1) is 14.4. The molecule has 2 heterocycles. The van der Waals surface area contributed by atoms with Crippen LogP contribution in [0.5, 0.6) is 0 Å². The number of hydrogen-bond acceptors (Lipinski definition) is 5. The molecule has 2 fully saturated rings. The minimum absolute atomic E-state index is 0.215. The highest BCUT2D eigenvalue weighted by molar-refractivity contribution is 5.85. The lowest BCUT2D eigenvalue weighted by molar-refractivity contribution is -0.138. The van der Waals surface area contributed by atoms with Gasteiger partial charge in [0.15, 0.2) is 5.96 Å². The van der Waals surface area contributed by atoms with Crippen molar-refractivity contribution in [1.82, 2.24) is 25.4 Å². The van der Waals surface area contributed by atoms with Gasteiger partial charge in [0.05, 0.1) is 5.41 Å². The number of anilines is 1. The molecule has 2 aliphatic rings. The average molecular weight is 416 g/mol. The topological polar surface area (TPSA) is 76.1 Å². The predicted octanol–water partition coefficient (Wildman–Crippen LogP) is 1.15. The molecule has 2 N–H and O–H groups in total. The third-order valence-electron chi connectivity index (χ3n) is 6.35. The highest BCUT2D eigenvalue weighted by Gasteiger charge is 2.42. The summed E-state index contributed by atoms with van der Waals surface area (Å²) in [6, 6.07) is 4.10. The highest BCUT2D eigenvalue weighted by Crippen LogP contribution is 2.38. The second kappa shape index (κ2) is 10.1.